The van der Waals surface area contributed by atoms with Crippen LogP contribution in [0, 0.1) is 4.77 Å². The highest BCUT2D eigenvalue weighted by Crippen LogP contribution is 2.25. The summed E-state index contributed by atoms with van der Waals surface area (Å²) >= 11 is 11.0. The van der Waals surface area contributed by atoms with Crippen LogP contribution in [-0.2, 0) is 6.54 Å². The summed E-state index contributed by atoms with van der Waals surface area (Å²) in [6, 6.07) is 5.76. The first kappa shape index (κ1) is 11.2. The van der Waals surface area contributed by atoms with Crippen molar-refractivity contribution >= 4 is 34.9 Å². The van der Waals surface area contributed by atoms with Crippen LogP contribution in [0.3, 0.4) is 0 Å². The second kappa shape index (κ2) is 4.31. The van der Waals surface area contributed by atoms with E-state index in [0.29, 0.717) is 16.3 Å². The van der Waals surface area contributed by atoms with Gasteiger partial charge >= 0.3 is 0 Å². The summed E-state index contributed by atoms with van der Waals surface area (Å²) in [6.45, 7) is 4.17. The van der Waals surface area contributed by atoms with E-state index in [1.54, 1.807) is 7.11 Å². The molecule has 0 radical (unpaired) electrons. The van der Waals surface area contributed by atoms with Crippen molar-refractivity contribution in [1.29, 1.82) is 0 Å². The fraction of sp³-hybridized carbons (Fsp3) is 0.182. The molecule has 2 rings (SSSR count). The van der Waals surface area contributed by atoms with E-state index in [9.17, 15) is 0 Å². The maximum Gasteiger partial charge on any atom is 0.178 e. The summed E-state index contributed by atoms with van der Waals surface area (Å²) in [7, 11) is 1.63. The number of rotatable bonds is 3. The fourth-order valence-electron chi connectivity index (χ4n) is 1.65. The van der Waals surface area contributed by atoms with Crippen LogP contribution in [0.2, 0.25) is 0 Å². The van der Waals surface area contributed by atoms with Crippen LogP contribution >= 0.6 is 23.8 Å². The molecule has 0 amide bonds. The van der Waals surface area contributed by atoms with Crippen LogP contribution in [-0.4, -0.2) is 16.7 Å². The van der Waals surface area contributed by atoms with Crippen LogP contribution in [0.4, 0.5) is 0 Å². The number of hydrogen-bond acceptors (Lipinski definition) is 2. The van der Waals surface area contributed by atoms with E-state index in [0.717, 1.165) is 16.8 Å². The molecule has 0 fully saturated rings. The number of allylic oxidation sites excluding steroid dienone is 1. The summed E-state index contributed by atoms with van der Waals surface area (Å²) in [6.07, 6.45) is 0. The molecule has 16 heavy (non-hydrogen) atoms. The highest BCUT2D eigenvalue weighted by Gasteiger charge is 2.08. The number of aromatic nitrogens is 2. The number of nitrogens with zero attached hydrogens (tertiary/aromatic N) is 1. The smallest absolute Gasteiger partial charge is 0.178 e. The number of aromatic amines is 1. The second-order valence-electron chi connectivity index (χ2n) is 3.39. The van der Waals surface area contributed by atoms with Crippen molar-refractivity contribution in [2.45, 2.75) is 6.54 Å². The van der Waals surface area contributed by atoms with E-state index in [2.05, 4.69) is 11.6 Å². The van der Waals surface area contributed by atoms with Crippen molar-refractivity contribution in [2.75, 3.05) is 7.11 Å². The lowest BCUT2D eigenvalue weighted by Gasteiger charge is -2.03. The molecule has 5 heteroatoms. The Kier molecular flexibility index (Phi) is 3.03. The second-order valence-corrected chi connectivity index (χ2v) is 4.31. The standard InChI is InChI=1S/C11H11ClN2OS/c1-7(12)6-14-8-4-3-5-9(15-2)10(8)13-11(14)16/h3-5H,1,6H2,2H3,(H,13,16). The molecule has 1 N–H and O–H groups in total. The molecule has 0 atom stereocenters. The molecule has 84 valence electrons. The van der Waals surface area contributed by atoms with Crippen molar-refractivity contribution in [3.05, 3.63) is 34.6 Å². The van der Waals surface area contributed by atoms with E-state index in [-0.39, 0.29) is 0 Å². The highest BCUT2D eigenvalue weighted by atomic mass is 35.5. The third-order valence-electron chi connectivity index (χ3n) is 2.32. The van der Waals surface area contributed by atoms with Crippen molar-refractivity contribution in [1.82, 2.24) is 9.55 Å². The number of nitrogens with one attached hydrogen (secondary N) is 1. The molecule has 0 unspecified atom stereocenters. The number of methoxy groups -OCH3 is 1. The fourth-order valence-corrected chi connectivity index (χ4v) is 2.04. The van der Waals surface area contributed by atoms with Gasteiger partial charge in [0.25, 0.3) is 0 Å². The van der Waals surface area contributed by atoms with Crippen molar-refractivity contribution < 1.29 is 4.74 Å². The first-order chi connectivity index (χ1) is 7.63. The predicted molar refractivity (Wildman–Crippen MR) is 68.7 cm³/mol. The minimum Gasteiger partial charge on any atom is -0.494 e. The van der Waals surface area contributed by atoms with Crippen molar-refractivity contribution in [3.8, 4) is 5.75 Å². The van der Waals surface area contributed by atoms with Crippen LogP contribution in [0.5, 0.6) is 5.75 Å². The van der Waals surface area contributed by atoms with Gasteiger partial charge in [0.2, 0.25) is 0 Å². The maximum atomic E-state index is 5.81. The molecule has 1 aromatic heterocycles. The molecule has 1 heterocycles. The van der Waals surface area contributed by atoms with E-state index in [4.69, 9.17) is 28.6 Å². The summed E-state index contributed by atoms with van der Waals surface area (Å²) < 4.78 is 7.76. The van der Waals surface area contributed by atoms with Crippen molar-refractivity contribution in [3.63, 3.8) is 0 Å². The Labute approximate surface area is 103 Å². The Morgan fingerprint density at radius 3 is 3.00 bits per heavy atom. The molecule has 0 saturated heterocycles. The van der Waals surface area contributed by atoms with Gasteiger partial charge in [-0.25, -0.2) is 0 Å². The van der Waals surface area contributed by atoms with Gasteiger partial charge in [0.15, 0.2) is 4.77 Å². The highest BCUT2D eigenvalue weighted by molar-refractivity contribution is 7.71. The predicted octanol–water partition coefficient (Wildman–Crippen LogP) is 3.46. The number of imidazole rings is 1. The molecule has 0 bridgehead atoms. The molecule has 1 aromatic carbocycles. The number of para-hydroxylation sites is 1. The quantitative estimate of drug-likeness (QED) is 0.851. The Balaban J connectivity index is 2.71. The Morgan fingerprint density at radius 1 is 1.62 bits per heavy atom. The van der Waals surface area contributed by atoms with Gasteiger partial charge in [-0.1, -0.05) is 24.2 Å². The third-order valence-corrected chi connectivity index (χ3v) is 2.76. The Morgan fingerprint density at radius 2 is 2.38 bits per heavy atom. The number of H-pyrrole nitrogens is 1. The number of halogens is 1. The molecule has 0 spiro atoms. The van der Waals surface area contributed by atoms with Gasteiger partial charge in [0.1, 0.15) is 11.3 Å². The van der Waals surface area contributed by atoms with E-state index >= 15 is 0 Å². The summed E-state index contributed by atoms with van der Waals surface area (Å²) in [5, 5.41) is 0.541. The monoisotopic (exact) mass is 254 g/mol. The van der Waals surface area contributed by atoms with Gasteiger partial charge in [-0.3, -0.25) is 0 Å². The first-order valence-electron chi connectivity index (χ1n) is 4.72. The minimum atomic E-state index is 0.494. The molecule has 0 aliphatic rings. The molecular weight excluding hydrogens is 244 g/mol. The van der Waals surface area contributed by atoms with Gasteiger partial charge in [-0.05, 0) is 24.4 Å². The molecular formula is C11H11ClN2OS. The Bertz CT molecular complexity index is 600. The van der Waals surface area contributed by atoms with Crippen LogP contribution in [0.25, 0.3) is 11.0 Å². The van der Waals surface area contributed by atoms with Crippen LogP contribution < -0.4 is 4.74 Å². The van der Waals surface area contributed by atoms with Crippen LogP contribution in [0.15, 0.2) is 29.8 Å². The zero-order valence-corrected chi connectivity index (χ0v) is 10.4. The van der Waals surface area contributed by atoms with Gasteiger partial charge in [-0.15, -0.1) is 0 Å². The normalized spacial score (nSPS) is 10.6. The summed E-state index contributed by atoms with van der Waals surface area (Å²) in [5.41, 5.74) is 1.85. The maximum absolute atomic E-state index is 5.81. The molecule has 0 aliphatic carbocycles. The van der Waals surface area contributed by atoms with E-state index in [1.165, 1.54) is 0 Å². The molecule has 3 nitrogen and oxygen atoms in total. The SMILES string of the molecule is C=C(Cl)Cn1c(=S)[nH]c2c(OC)cccc21. The zero-order chi connectivity index (χ0) is 11.7. The number of benzene rings is 1. The van der Waals surface area contributed by atoms with Crippen LogP contribution in [0.1, 0.15) is 0 Å². The average molecular weight is 255 g/mol. The van der Waals surface area contributed by atoms with Crippen molar-refractivity contribution in [2.24, 2.45) is 0 Å². The lowest BCUT2D eigenvalue weighted by molar-refractivity contribution is 0.419. The first-order valence-corrected chi connectivity index (χ1v) is 5.51. The number of hydrogen-bond donors (Lipinski definition) is 1. The van der Waals surface area contributed by atoms with Gasteiger partial charge < -0.3 is 14.3 Å². The minimum absolute atomic E-state index is 0.494. The summed E-state index contributed by atoms with van der Waals surface area (Å²) in [4.78, 5) is 3.10. The van der Waals surface area contributed by atoms with E-state index < -0.39 is 0 Å². The van der Waals surface area contributed by atoms with Gasteiger partial charge in [-0.2, -0.15) is 0 Å². The third kappa shape index (κ3) is 1.86. The molecule has 0 aliphatic heterocycles. The number of fused-ring (bicyclic) bond motifs is 1. The average Bonchev–Trinajstić information content (AvgIpc) is 2.55. The lowest BCUT2D eigenvalue weighted by atomic mass is 10.3. The van der Waals surface area contributed by atoms with Gasteiger partial charge in [0, 0.05) is 5.03 Å². The largest absolute Gasteiger partial charge is 0.494 e. The molecule has 0 saturated carbocycles. The lowest BCUT2D eigenvalue weighted by Crippen LogP contribution is -1.97. The zero-order valence-electron chi connectivity index (χ0n) is 8.79. The topological polar surface area (TPSA) is 29.9 Å². The Hall–Kier alpha value is -1.26. The van der Waals surface area contributed by atoms with E-state index in [1.807, 2.05) is 22.8 Å². The summed E-state index contributed by atoms with van der Waals surface area (Å²) in [5.74, 6) is 0.766. The molecule has 2 aromatic rings. The number of ether oxygens (including phenoxy) is 1. The van der Waals surface area contributed by atoms with Gasteiger partial charge in [0.05, 0.1) is 19.2 Å².